The molecule has 0 radical (unpaired) electrons. The van der Waals surface area contributed by atoms with Crippen LogP contribution in [-0.4, -0.2) is 30.1 Å². The van der Waals surface area contributed by atoms with Gasteiger partial charge < -0.3 is 10.4 Å². The van der Waals surface area contributed by atoms with Gasteiger partial charge in [0.05, 0.1) is 6.54 Å². The molecule has 76 valence electrons. The molecular weight excluding hydrogens is 180 g/mol. The van der Waals surface area contributed by atoms with Crippen molar-refractivity contribution < 1.29 is 18.7 Å². The van der Waals surface area contributed by atoms with Gasteiger partial charge in [0.2, 0.25) is 0 Å². The van der Waals surface area contributed by atoms with Gasteiger partial charge in [-0.25, -0.2) is 4.79 Å². The average Bonchev–Trinajstić information content (AvgIpc) is 2.81. The molecular formula is C8H13F2NO2. The van der Waals surface area contributed by atoms with Gasteiger partial charge in [-0.05, 0) is 18.9 Å². The highest BCUT2D eigenvalue weighted by atomic mass is 19.3. The zero-order valence-electron chi connectivity index (χ0n) is 7.22. The minimum atomic E-state index is -3.64. The minimum absolute atomic E-state index is 0.480. The van der Waals surface area contributed by atoms with Crippen LogP contribution in [0.4, 0.5) is 8.78 Å². The fraction of sp³-hybridized carbons (Fsp3) is 0.875. The number of rotatable bonds is 6. The van der Waals surface area contributed by atoms with E-state index in [9.17, 15) is 13.6 Å². The summed E-state index contributed by atoms with van der Waals surface area (Å²) in [5.41, 5.74) is 0. The van der Waals surface area contributed by atoms with Gasteiger partial charge in [-0.3, -0.25) is 0 Å². The van der Waals surface area contributed by atoms with Crippen molar-refractivity contribution in [3.05, 3.63) is 0 Å². The van der Waals surface area contributed by atoms with Crippen LogP contribution in [0.1, 0.15) is 19.3 Å². The Morgan fingerprint density at radius 2 is 2.15 bits per heavy atom. The largest absolute Gasteiger partial charge is 0.477 e. The summed E-state index contributed by atoms with van der Waals surface area (Å²) >= 11 is 0. The normalized spacial score (nSPS) is 17.4. The molecule has 0 heterocycles. The summed E-state index contributed by atoms with van der Waals surface area (Å²) in [5.74, 6) is -5.03. The Morgan fingerprint density at radius 3 is 2.62 bits per heavy atom. The van der Waals surface area contributed by atoms with E-state index < -0.39 is 18.4 Å². The van der Waals surface area contributed by atoms with Gasteiger partial charge in [-0.2, -0.15) is 8.78 Å². The van der Waals surface area contributed by atoms with Crippen molar-refractivity contribution in [1.82, 2.24) is 5.32 Å². The highest BCUT2D eigenvalue weighted by molar-refractivity contribution is 5.75. The molecule has 0 aromatic heterocycles. The highest BCUT2D eigenvalue weighted by Crippen LogP contribution is 2.31. The maximum Gasteiger partial charge on any atom is 0.375 e. The van der Waals surface area contributed by atoms with E-state index in [1.54, 1.807) is 0 Å². The maximum absolute atomic E-state index is 12.4. The molecule has 0 aliphatic heterocycles. The number of aliphatic carboxylic acids is 1. The van der Waals surface area contributed by atoms with Crippen molar-refractivity contribution in [1.29, 1.82) is 0 Å². The lowest BCUT2D eigenvalue weighted by Gasteiger charge is -2.11. The molecule has 0 bridgehead atoms. The van der Waals surface area contributed by atoms with Gasteiger partial charge >= 0.3 is 11.9 Å². The summed E-state index contributed by atoms with van der Waals surface area (Å²) in [4.78, 5) is 9.97. The van der Waals surface area contributed by atoms with Crippen molar-refractivity contribution in [3.63, 3.8) is 0 Å². The minimum Gasteiger partial charge on any atom is -0.477 e. The summed E-state index contributed by atoms with van der Waals surface area (Å²) in [7, 11) is 0. The molecule has 0 atom stereocenters. The van der Waals surface area contributed by atoms with E-state index in [-0.39, 0.29) is 0 Å². The standard InChI is InChI=1S/C8H13F2NO2/c9-8(10,7(12)13)5-11-4-3-6-1-2-6/h6,11H,1-5H2,(H,12,13). The van der Waals surface area contributed by atoms with Crippen LogP contribution in [0.2, 0.25) is 0 Å². The fourth-order valence-electron chi connectivity index (χ4n) is 1.03. The lowest BCUT2D eigenvalue weighted by atomic mass is 10.3. The average molecular weight is 193 g/mol. The third-order valence-electron chi connectivity index (χ3n) is 2.09. The van der Waals surface area contributed by atoms with Gasteiger partial charge in [-0.15, -0.1) is 0 Å². The third kappa shape index (κ3) is 3.67. The summed E-state index contributed by atoms with van der Waals surface area (Å²) in [5, 5.41) is 10.5. The molecule has 3 nitrogen and oxygen atoms in total. The van der Waals surface area contributed by atoms with Crippen LogP contribution in [0, 0.1) is 5.92 Å². The molecule has 0 amide bonds. The molecule has 1 rings (SSSR count). The molecule has 5 heteroatoms. The number of nitrogens with one attached hydrogen (secondary N) is 1. The first kappa shape index (κ1) is 10.4. The van der Waals surface area contributed by atoms with E-state index in [4.69, 9.17) is 5.11 Å². The number of carboxylic acid groups (broad SMARTS) is 1. The van der Waals surface area contributed by atoms with Crippen molar-refractivity contribution in [2.24, 2.45) is 5.92 Å². The first-order valence-electron chi connectivity index (χ1n) is 4.34. The quantitative estimate of drug-likeness (QED) is 0.621. The molecule has 0 aromatic rings. The zero-order valence-corrected chi connectivity index (χ0v) is 7.22. The second-order valence-corrected chi connectivity index (χ2v) is 3.42. The number of hydrogen-bond donors (Lipinski definition) is 2. The zero-order chi connectivity index (χ0) is 9.90. The predicted molar refractivity (Wildman–Crippen MR) is 42.8 cm³/mol. The van der Waals surface area contributed by atoms with Crippen LogP contribution in [0.25, 0.3) is 0 Å². The van der Waals surface area contributed by atoms with Gasteiger partial charge in [0.15, 0.2) is 0 Å². The van der Waals surface area contributed by atoms with E-state index in [0.29, 0.717) is 12.5 Å². The van der Waals surface area contributed by atoms with Crippen molar-refractivity contribution in [2.45, 2.75) is 25.2 Å². The van der Waals surface area contributed by atoms with Crippen LogP contribution in [0.5, 0.6) is 0 Å². The molecule has 0 spiro atoms. The SMILES string of the molecule is O=C(O)C(F)(F)CNCCC1CC1. The number of alkyl halides is 2. The second-order valence-electron chi connectivity index (χ2n) is 3.42. The van der Waals surface area contributed by atoms with Crippen LogP contribution in [0.15, 0.2) is 0 Å². The molecule has 1 saturated carbocycles. The van der Waals surface area contributed by atoms with E-state index in [1.165, 1.54) is 12.8 Å². The molecule has 0 saturated heterocycles. The van der Waals surface area contributed by atoms with Crippen LogP contribution in [-0.2, 0) is 4.79 Å². The molecule has 2 N–H and O–H groups in total. The monoisotopic (exact) mass is 193 g/mol. The predicted octanol–water partition coefficient (Wildman–Crippen LogP) is 1.10. The molecule has 1 aliphatic rings. The summed E-state index contributed by atoms with van der Waals surface area (Å²) < 4.78 is 24.8. The first-order chi connectivity index (χ1) is 6.02. The topological polar surface area (TPSA) is 49.3 Å². The summed E-state index contributed by atoms with van der Waals surface area (Å²) in [6.45, 7) is -0.289. The molecule has 0 aromatic carbocycles. The number of carbonyl (C=O) groups is 1. The smallest absolute Gasteiger partial charge is 0.375 e. The Kier molecular flexibility index (Phi) is 3.19. The van der Waals surface area contributed by atoms with E-state index in [0.717, 1.165) is 6.42 Å². The number of halogens is 2. The van der Waals surface area contributed by atoms with Gasteiger partial charge in [0.25, 0.3) is 0 Å². The molecule has 1 fully saturated rings. The number of carboxylic acids is 1. The van der Waals surface area contributed by atoms with Crippen LogP contribution in [0.3, 0.4) is 0 Å². The lowest BCUT2D eigenvalue weighted by molar-refractivity contribution is -0.164. The maximum atomic E-state index is 12.4. The van der Waals surface area contributed by atoms with Crippen molar-refractivity contribution >= 4 is 5.97 Å². The fourth-order valence-corrected chi connectivity index (χ4v) is 1.03. The molecule has 1 aliphatic carbocycles. The van der Waals surface area contributed by atoms with Crippen molar-refractivity contribution in [2.75, 3.05) is 13.1 Å². The molecule has 0 unspecified atom stereocenters. The Bertz CT molecular complexity index is 193. The van der Waals surface area contributed by atoms with Crippen molar-refractivity contribution in [3.8, 4) is 0 Å². The Hall–Kier alpha value is -0.710. The third-order valence-corrected chi connectivity index (χ3v) is 2.09. The van der Waals surface area contributed by atoms with Crippen LogP contribution >= 0.6 is 0 Å². The summed E-state index contributed by atoms with van der Waals surface area (Å²) in [6.07, 6.45) is 3.23. The van der Waals surface area contributed by atoms with Gasteiger partial charge in [0, 0.05) is 0 Å². The van der Waals surface area contributed by atoms with Gasteiger partial charge in [-0.1, -0.05) is 12.8 Å². The highest BCUT2D eigenvalue weighted by Gasteiger charge is 2.38. The Morgan fingerprint density at radius 1 is 1.54 bits per heavy atom. The van der Waals surface area contributed by atoms with Crippen LogP contribution < -0.4 is 5.32 Å². The summed E-state index contributed by atoms with van der Waals surface area (Å²) in [6, 6.07) is 0. The Labute approximate surface area is 75.1 Å². The Balaban J connectivity index is 2.05. The lowest BCUT2D eigenvalue weighted by Crippen LogP contribution is -2.40. The second kappa shape index (κ2) is 4.00. The van der Waals surface area contributed by atoms with E-state index in [1.807, 2.05) is 0 Å². The van der Waals surface area contributed by atoms with E-state index in [2.05, 4.69) is 5.32 Å². The van der Waals surface area contributed by atoms with E-state index >= 15 is 0 Å². The first-order valence-corrected chi connectivity index (χ1v) is 4.34. The van der Waals surface area contributed by atoms with Gasteiger partial charge in [0.1, 0.15) is 0 Å². The number of hydrogen-bond acceptors (Lipinski definition) is 2. The molecule has 13 heavy (non-hydrogen) atoms.